The number of ether oxygens (including phenoxy) is 2. The van der Waals surface area contributed by atoms with Crippen LogP contribution >= 0.6 is 0 Å². The Morgan fingerprint density at radius 1 is 1.20 bits per heavy atom. The van der Waals surface area contributed by atoms with Gasteiger partial charge in [-0.15, -0.1) is 0 Å². The molecule has 1 aliphatic carbocycles. The number of anilines is 1. The quantitative estimate of drug-likeness (QED) is 0.761. The third kappa shape index (κ3) is 4.41. The summed E-state index contributed by atoms with van der Waals surface area (Å²) in [6, 6.07) is 8.89. The van der Waals surface area contributed by atoms with Crippen molar-refractivity contribution in [3.05, 3.63) is 24.3 Å². The van der Waals surface area contributed by atoms with Crippen LogP contribution in [0.2, 0.25) is 0 Å². The van der Waals surface area contributed by atoms with Gasteiger partial charge in [0.15, 0.2) is 0 Å². The van der Waals surface area contributed by atoms with E-state index in [0.717, 1.165) is 11.7 Å². The van der Waals surface area contributed by atoms with E-state index in [2.05, 4.69) is 24.4 Å². The Labute approximate surface area is 122 Å². The van der Waals surface area contributed by atoms with Gasteiger partial charge in [-0.2, -0.15) is 0 Å². The number of hydrogen-bond donors (Lipinski definition) is 1. The van der Waals surface area contributed by atoms with Crippen molar-refractivity contribution in [1.29, 1.82) is 0 Å². The first-order chi connectivity index (χ1) is 9.83. The maximum absolute atomic E-state index is 5.66. The van der Waals surface area contributed by atoms with E-state index in [4.69, 9.17) is 9.47 Å². The zero-order chi connectivity index (χ0) is 14.2. The molecule has 1 aliphatic rings. The molecule has 1 aromatic rings. The standard InChI is InChI=1S/C17H27NO2/c1-3-14-7-4-5-10-17(14)18-15-8-6-9-16(13-15)20-12-11-19-2/h6,8-9,13-14,17-18H,3-5,7,10-12H2,1-2H3. The third-order valence-electron chi connectivity index (χ3n) is 4.18. The van der Waals surface area contributed by atoms with Crippen LogP contribution in [0.5, 0.6) is 5.75 Å². The van der Waals surface area contributed by atoms with E-state index in [1.807, 2.05) is 12.1 Å². The van der Waals surface area contributed by atoms with Crippen molar-refractivity contribution in [3.8, 4) is 5.75 Å². The summed E-state index contributed by atoms with van der Waals surface area (Å²) in [5, 5.41) is 3.70. The first-order valence-corrected chi connectivity index (χ1v) is 7.81. The summed E-state index contributed by atoms with van der Waals surface area (Å²) >= 11 is 0. The van der Waals surface area contributed by atoms with Crippen LogP contribution < -0.4 is 10.1 Å². The molecule has 3 heteroatoms. The van der Waals surface area contributed by atoms with E-state index >= 15 is 0 Å². The fourth-order valence-electron chi connectivity index (χ4n) is 3.02. The van der Waals surface area contributed by atoms with Crippen LogP contribution in [0, 0.1) is 5.92 Å². The molecule has 0 bridgehead atoms. The van der Waals surface area contributed by atoms with Gasteiger partial charge in [0.05, 0.1) is 6.61 Å². The monoisotopic (exact) mass is 277 g/mol. The molecule has 0 heterocycles. The summed E-state index contributed by atoms with van der Waals surface area (Å²) in [5.41, 5.74) is 1.17. The summed E-state index contributed by atoms with van der Waals surface area (Å²) in [7, 11) is 1.69. The van der Waals surface area contributed by atoms with Gasteiger partial charge in [0.25, 0.3) is 0 Å². The van der Waals surface area contributed by atoms with Gasteiger partial charge < -0.3 is 14.8 Å². The number of benzene rings is 1. The topological polar surface area (TPSA) is 30.5 Å². The van der Waals surface area contributed by atoms with Crippen molar-refractivity contribution in [2.75, 3.05) is 25.6 Å². The molecule has 0 spiro atoms. The van der Waals surface area contributed by atoms with Crippen molar-refractivity contribution in [1.82, 2.24) is 0 Å². The van der Waals surface area contributed by atoms with Gasteiger partial charge in [-0.25, -0.2) is 0 Å². The average Bonchev–Trinajstić information content (AvgIpc) is 2.48. The molecule has 0 aliphatic heterocycles. The van der Waals surface area contributed by atoms with Crippen molar-refractivity contribution in [2.24, 2.45) is 5.92 Å². The Morgan fingerprint density at radius 2 is 2.05 bits per heavy atom. The van der Waals surface area contributed by atoms with Gasteiger partial charge in [0.1, 0.15) is 12.4 Å². The van der Waals surface area contributed by atoms with E-state index in [1.165, 1.54) is 37.8 Å². The normalized spacial score (nSPS) is 22.5. The highest BCUT2D eigenvalue weighted by Gasteiger charge is 2.23. The number of rotatable bonds is 7. The largest absolute Gasteiger partial charge is 0.491 e. The molecular formula is C17H27NO2. The van der Waals surface area contributed by atoms with Gasteiger partial charge in [0.2, 0.25) is 0 Å². The Hall–Kier alpha value is -1.22. The molecule has 3 nitrogen and oxygen atoms in total. The first kappa shape index (κ1) is 15.2. The molecule has 2 atom stereocenters. The summed E-state index contributed by atoms with van der Waals surface area (Å²) in [6.07, 6.45) is 6.64. The third-order valence-corrected chi connectivity index (χ3v) is 4.18. The minimum Gasteiger partial charge on any atom is -0.491 e. The minimum atomic E-state index is 0.598. The molecule has 1 fully saturated rings. The summed E-state index contributed by atoms with van der Waals surface area (Å²) in [5.74, 6) is 1.72. The first-order valence-electron chi connectivity index (χ1n) is 7.81. The lowest BCUT2D eigenvalue weighted by Gasteiger charge is -2.32. The van der Waals surface area contributed by atoms with Gasteiger partial charge in [-0.05, 0) is 30.9 Å². The number of nitrogens with one attached hydrogen (secondary N) is 1. The second-order valence-corrected chi connectivity index (χ2v) is 5.57. The van der Waals surface area contributed by atoms with E-state index in [9.17, 15) is 0 Å². The van der Waals surface area contributed by atoms with Crippen LogP contribution in [-0.4, -0.2) is 26.4 Å². The van der Waals surface area contributed by atoms with Crippen LogP contribution in [0.3, 0.4) is 0 Å². The van der Waals surface area contributed by atoms with Gasteiger partial charge >= 0.3 is 0 Å². The highest BCUT2D eigenvalue weighted by molar-refractivity contribution is 5.49. The Kier molecular flexibility index (Phi) is 6.19. The highest BCUT2D eigenvalue weighted by atomic mass is 16.5. The van der Waals surface area contributed by atoms with E-state index in [-0.39, 0.29) is 0 Å². The van der Waals surface area contributed by atoms with Crippen LogP contribution in [-0.2, 0) is 4.74 Å². The van der Waals surface area contributed by atoms with Crippen molar-refractivity contribution in [2.45, 2.75) is 45.1 Å². The minimum absolute atomic E-state index is 0.598. The maximum Gasteiger partial charge on any atom is 0.121 e. The van der Waals surface area contributed by atoms with Gasteiger partial charge in [-0.1, -0.05) is 32.3 Å². The zero-order valence-electron chi connectivity index (χ0n) is 12.7. The molecule has 1 aromatic carbocycles. The molecule has 0 aromatic heterocycles. The predicted octanol–water partition coefficient (Wildman–Crippen LogP) is 4.09. The SMILES string of the molecule is CCC1CCCCC1Nc1cccc(OCCOC)c1. The van der Waals surface area contributed by atoms with Crippen molar-refractivity contribution >= 4 is 5.69 Å². The number of methoxy groups -OCH3 is 1. The van der Waals surface area contributed by atoms with Crippen LogP contribution in [0.4, 0.5) is 5.69 Å². The van der Waals surface area contributed by atoms with Crippen LogP contribution in [0.25, 0.3) is 0 Å². The van der Waals surface area contributed by atoms with Crippen LogP contribution in [0.15, 0.2) is 24.3 Å². The van der Waals surface area contributed by atoms with E-state index < -0.39 is 0 Å². The van der Waals surface area contributed by atoms with Gasteiger partial charge in [-0.3, -0.25) is 0 Å². The molecule has 20 heavy (non-hydrogen) atoms. The Morgan fingerprint density at radius 3 is 2.85 bits per heavy atom. The second-order valence-electron chi connectivity index (χ2n) is 5.57. The highest BCUT2D eigenvalue weighted by Crippen LogP contribution is 2.30. The van der Waals surface area contributed by atoms with Crippen molar-refractivity contribution in [3.63, 3.8) is 0 Å². The van der Waals surface area contributed by atoms with E-state index in [1.54, 1.807) is 7.11 Å². The molecule has 0 amide bonds. The summed E-state index contributed by atoms with van der Waals surface area (Å²) in [6.45, 7) is 3.52. The molecule has 112 valence electrons. The molecule has 2 unspecified atom stereocenters. The van der Waals surface area contributed by atoms with Crippen molar-refractivity contribution < 1.29 is 9.47 Å². The lowest BCUT2D eigenvalue weighted by molar-refractivity contribution is 0.146. The Bertz CT molecular complexity index is 394. The maximum atomic E-state index is 5.66. The fourth-order valence-corrected chi connectivity index (χ4v) is 3.02. The molecule has 2 rings (SSSR count). The zero-order valence-corrected chi connectivity index (χ0v) is 12.7. The second kappa shape index (κ2) is 8.15. The fraction of sp³-hybridized carbons (Fsp3) is 0.647. The smallest absolute Gasteiger partial charge is 0.121 e. The van der Waals surface area contributed by atoms with E-state index in [0.29, 0.717) is 19.3 Å². The van der Waals surface area contributed by atoms with Gasteiger partial charge in [0, 0.05) is 24.9 Å². The Balaban J connectivity index is 1.92. The van der Waals surface area contributed by atoms with Crippen LogP contribution in [0.1, 0.15) is 39.0 Å². The summed E-state index contributed by atoms with van der Waals surface area (Å²) in [4.78, 5) is 0. The molecule has 1 saturated carbocycles. The summed E-state index contributed by atoms with van der Waals surface area (Å²) < 4.78 is 10.7. The number of hydrogen-bond acceptors (Lipinski definition) is 3. The molecule has 1 N–H and O–H groups in total. The average molecular weight is 277 g/mol. The molecular weight excluding hydrogens is 250 g/mol. The predicted molar refractivity (Wildman–Crippen MR) is 83.5 cm³/mol. The lowest BCUT2D eigenvalue weighted by Crippen LogP contribution is -2.31. The molecule has 0 radical (unpaired) electrons. The lowest BCUT2D eigenvalue weighted by atomic mass is 9.83. The molecule has 0 saturated heterocycles.